The zero-order valence-electron chi connectivity index (χ0n) is 12.7. The van der Waals surface area contributed by atoms with E-state index in [0.29, 0.717) is 5.56 Å². The second-order valence-corrected chi connectivity index (χ2v) is 5.51. The monoisotopic (exact) mass is 289 g/mol. The molecule has 2 aromatic carbocycles. The van der Waals surface area contributed by atoms with Crippen molar-refractivity contribution >= 4 is 16.6 Å². The number of nitrogens with zero attached hydrogens (tertiary/aromatic N) is 3. The van der Waals surface area contributed by atoms with Gasteiger partial charge in [-0.1, -0.05) is 24.3 Å². The summed E-state index contributed by atoms with van der Waals surface area (Å²) in [6, 6.07) is 20.6. The molecule has 0 unspecified atom stereocenters. The third-order valence-corrected chi connectivity index (χ3v) is 3.99. The van der Waals surface area contributed by atoms with E-state index in [9.17, 15) is 0 Å². The van der Waals surface area contributed by atoms with Gasteiger partial charge in [0.1, 0.15) is 0 Å². The standard InChI is InChI=1S/C19H19N3/c1-21(18-6-3-2-4-7-18)11-5-12-22-13-10-17-9-8-16(15-20)14-19(17)22/h2-4,6-10,13-14H,5,11-12H2,1H3. The Morgan fingerprint density at radius 3 is 2.68 bits per heavy atom. The van der Waals surface area contributed by atoms with Crippen LogP contribution in [0.25, 0.3) is 10.9 Å². The summed E-state index contributed by atoms with van der Waals surface area (Å²) in [5, 5.41) is 10.2. The van der Waals surface area contributed by atoms with Gasteiger partial charge in [-0.25, -0.2) is 0 Å². The van der Waals surface area contributed by atoms with Crippen LogP contribution in [0.15, 0.2) is 60.8 Å². The molecule has 0 saturated heterocycles. The number of hydrogen-bond donors (Lipinski definition) is 0. The molecule has 0 aliphatic rings. The zero-order chi connectivity index (χ0) is 15.4. The molecule has 0 aliphatic heterocycles. The number of aryl methyl sites for hydroxylation is 1. The number of fused-ring (bicyclic) bond motifs is 1. The molecule has 0 N–H and O–H groups in total. The Kier molecular flexibility index (Phi) is 4.11. The van der Waals surface area contributed by atoms with Gasteiger partial charge in [-0.15, -0.1) is 0 Å². The van der Waals surface area contributed by atoms with E-state index in [1.54, 1.807) is 0 Å². The van der Waals surface area contributed by atoms with Crippen LogP contribution in [0.1, 0.15) is 12.0 Å². The second kappa shape index (κ2) is 6.36. The van der Waals surface area contributed by atoms with Gasteiger partial charge in [-0.2, -0.15) is 5.26 Å². The van der Waals surface area contributed by atoms with Gasteiger partial charge in [-0.3, -0.25) is 0 Å². The lowest BCUT2D eigenvalue weighted by molar-refractivity contribution is 0.656. The number of para-hydroxylation sites is 1. The first-order valence-corrected chi connectivity index (χ1v) is 7.53. The third-order valence-electron chi connectivity index (χ3n) is 3.99. The normalized spacial score (nSPS) is 10.5. The predicted molar refractivity (Wildman–Crippen MR) is 91.0 cm³/mol. The SMILES string of the molecule is CN(CCCn1ccc2ccc(C#N)cc21)c1ccccc1. The Labute approximate surface area is 131 Å². The topological polar surface area (TPSA) is 32.0 Å². The molecule has 3 rings (SSSR count). The average molecular weight is 289 g/mol. The van der Waals surface area contributed by atoms with Gasteiger partial charge in [-0.05, 0) is 42.1 Å². The number of aromatic nitrogens is 1. The van der Waals surface area contributed by atoms with Crippen LogP contribution in [-0.4, -0.2) is 18.2 Å². The van der Waals surface area contributed by atoms with Gasteiger partial charge >= 0.3 is 0 Å². The Bertz CT molecular complexity index is 796. The quantitative estimate of drug-likeness (QED) is 0.710. The Hall–Kier alpha value is -2.73. The molecule has 110 valence electrons. The van der Waals surface area contributed by atoms with Gasteiger partial charge in [0.15, 0.2) is 0 Å². The maximum atomic E-state index is 9.03. The number of hydrogen-bond acceptors (Lipinski definition) is 2. The summed E-state index contributed by atoms with van der Waals surface area (Å²) in [4.78, 5) is 2.27. The summed E-state index contributed by atoms with van der Waals surface area (Å²) < 4.78 is 2.23. The zero-order valence-corrected chi connectivity index (χ0v) is 12.7. The van der Waals surface area contributed by atoms with Crippen LogP contribution in [0.2, 0.25) is 0 Å². The highest BCUT2D eigenvalue weighted by Gasteiger charge is 2.04. The van der Waals surface area contributed by atoms with Crippen molar-refractivity contribution in [3.05, 3.63) is 66.4 Å². The van der Waals surface area contributed by atoms with Gasteiger partial charge in [0.05, 0.1) is 11.6 Å². The molecule has 0 atom stereocenters. The highest BCUT2D eigenvalue weighted by Crippen LogP contribution is 2.18. The molecular weight excluding hydrogens is 270 g/mol. The fraction of sp³-hybridized carbons (Fsp3) is 0.211. The number of anilines is 1. The van der Waals surface area contributed by atoms with Gasteiger partial charge in [0, 0.05) is 37.5 Å². The van der Waals surface area contributed by atoms with Crippen LogP contribution < -0.4 is 4.90 Å². The molecule has 0 fully saturated rings. The van der Waals surface area contributed by atoms with Crippen molar-refractivity contribution in [3.8, 4) is 6.07 Å². The minimum Gasteiger partial charge on any atom is -0.375 e. The maximum absolute atomic E-state index is 9.03. The summed E-state index contributed by atoms with van der Waals surface area (Å²) in [6.45, 7) is 1.96. The summed E-state index contributed by atoms with van der Waals surface area (Å²) in [5.74, 6) is 0. The fourth-order valence-electron chi connectivity index (χ4n) is 2.74. The number of rotatable bonds is 5. The van der Waals surface area contributed by atoms with E-state index in [2.05, 4.69) is 59.1 Å². The molecule has 0 bridgehead atoms. The number of nitriles is 1. The van der Waals surface area contributed by atoms with Gasteiger partial charge in [0.2, 0.25) is 0 Å². The van der Waals surface area contributed by atoms with Crippen molar-refractivity contribution in [3.63, 3.8) is 0 Å². The van der Waals surface area contributed by atoms with Crippen LogP contribution in [0.3, 0.4) is 0 Å². The molecule has 0 aliphatic carbocycles. The van der Waals surface area contributed by atoms with Crippen LogP contribution in [0.5, 0.6) is 0 Å². The largest absolute Gasteiger partial charge is 0.375 e. The molecule has 22 heavy (non-hydrogen) atoms. The van der Waals surface area contributed by atoms with E-state index in [-0.39, 0.29) is 0 Å². The van der Waals surface area contributed by atoms with Crippen LogP contribution >= 0.6 is 0 Å². The van der Waals surface area contributed by atoms with Crippen molar-refractivity contribution in [1.29, 1.82) is 5.26 Å². The highest BCUT2D eigenvalue weighted by atomic mass is 15.1. The van der Waals surface area contributed by atoms with E-state index in [0.717, 1.165) is 25.0 Å². The molecule has 1 aromatic heterocycles. The first-order valence-electron chi connectivity index (χ1n) is 7.53. The van der Waals surface area contributed by atoms with Gasteiger partial charge < -0.3 is 9.47 Å². The molecule has 3 nitrogen and oxygen atoms in total. The molecule has 0 saturated carbocycles. The lowest BCUT2D eigenvalue weighted by atomic mass is 10.2. The van der Waals surface area contributed by atoms with Gasteiger partial charge in [0.25, 0.3) is 0 Å². The van der Waals surface area contributed by atoms with E-state index >= 15 is 0 Å². The van der Waals surface area contributed by atoms with E-state index in [1.807, 2.05) is 24.3 Å². The summed E-state index contributed by atoms with van der Waals surface area (Å²) >= 11 is 0. The molecule has 3 heteroatoms. The Balaban J connectivity index is 1.66. The minimum absolute atomic E-state index is 0.717. The van der Waals surface area contributed by atoms with Crippen molar-refractivity contribution in [2.45, 2.75) is 13.0 Å². The average Bonchev–Trinajstić information content (AvgIpc) is 2.98. The van der Waals surface area contributed by atoms with E-state index in [1.165, 1.54) is 11.1 Å². The van der Waals surface area contributed by atoms with Crippen LogP contribution in [0, 0.1) is 11.3 Å². The molecule has 1 heterocycles. The van der Waals surface area contributed by atoms with Crippen molar-refractivity contribution in [2.24, 2.45) is 0 Å². The predicted octanol–water partition coefficient (Wildman–Crippen LogP) is 4.04. The van der Waals surface area contributed by atoms with Crippen LogP contribution in [0.4, 0.5) is 5.69 Å². The number of benzene rings is 2. The first kappa shape index (κ1) is 14.2. The molecule has 3 aromatic rings. The Morgan fingerprint density at radius 2 is 1.91 bits per heavy atom. The minimum atomic E-state index is 0.717. The molecule has 0 spiro atoms. The van der Waals surface area contributed by atoms with Crippen molar-refractivity contribution in [2.75, 3.05) is 18.5 Å². The molecule has 0 radical (unpaired) electrons. The lowest BCUT2D eigenvalue weighted by Crippen LogP contribution is -2.19. The van der Waals surface area contributed by atoms with Crippen molar-refractivity contribution in [1.82, 2.24) is 4.57 Å². The Morgan fingerprint density at radius 1 is 1.09 bits per heavy atom. The van der Waals surface area contributed by atoms with E-state index in [4.69, 9.17) is 5.26 Å². The maximum Gasteiger partial charge on any atom is 0.0992 e. The smallest absolute Gasteiger partial charge is 0.0992 e. The summed E-state index contributed by atoms with van der Waals surface area (Å²) in [5.41, 5.74) is 3.10. The summed E-state index contributed by atoms with van der Waals surface area (Å²) in [7, 11) is 2.12. The van der Waals surface area contributed by atoms with Crippen molar-refractivity contribution < 1.29 is 0 Å². The van der Waals surface area contributed by atoms with E-state index < -0.39 is 0 Å². The lowest BCUT2D eigenvalue weighted by Gasteiger charge is -2.19. The summed E-state index contributed by atoms with van der Waals surface area (Å²) in [6.07, 6.45) is 3.17. The highest BCUT2D eigenvalue weighted by molar-refractivity contribution is 5.81. The fourth-order valence-corrected chi connectivity index (χ4v) is 2.74. The second-order valence-electron chi connectivity index (χ2n) is 5.51. The molecular formula is C19H19N3. The van der Waals surface area contributed by atoms with Crippen LogP contribution in [-0.2, 0) is 6.54 Å². The first-order chi connectivity index (χ1) is 10.8. The molecule has 0 amide bonds. The third kappa shape index (κ3) is 2.96.